The second-order valence-corrected chi connectivity index (χ2v) is 7.69. The summed E-state index contributed by atoms with van der Waals surface area (Å²) in [5, 5.41) is 18.6. The molecule has 0 aliphatic carbocycles. The minimum atomic E-state index is -4.72. The predicted molar refractivity (Wildman–Crippen MR) is 109 cm³/mol. The summed E-state index contributed by atoms with van der Waals surface area (Å²) in [6.45, 7) is 2.26. The molecule has 1 heterocycles. The number of aliphatic carboxylic acids is 1. The SMILES string of the molecule is C[C@](O)(COc1ccc(N2CCC(Oc3ccc(OC(F)(F)F)cc3)CC2)cc1)C(=O)O. The molecule has 0 amide bonds. The Balaban J connectivity index is 1.46. The number of halogens is 3. The first-order valence-corrected chi connectivity index (χ1v) is 9.98. The van der Waals surface area contributed by atoms with Crippen LogP contribution in [-0.4, -0.2) is 53.9 Å². The molecule has 174 valence electrons. The van der Waals surface area contributed by atoms with E-state index in [1.54, 1.807) is 12.1 Å². The van der Waals surface area contributed by atoms with Crippen LogP contribution < -0.4 is 19.1 Å². The Morgan fingerprint density at radius 1 is 1.00 bits per heavy atom. The fraction of sp³-hybridized carbons (Fsp3) is 0.409. The number of nitrogens with zero attached hydrogens (tertiary/aromatic N) is 1. The summed E-state index contributed by atoms with van der Waals surface area (Å²) in [6.07, 6.45) is -3.31. The highest BCUT2D eigenvalue weighted by atomic mass is 19.4. The fourth-order valence-corrected chi connectivity index (χ4v) is 3.18. The van der Waals surface area contributed by atoms with E-state index in [1.165, 1.54) is 31.2 Å². The summed E-state index contributed by atoms with van der Waals surface area (Å²) in [5.41, 5.74) is -0.999. The first kappa shape index (κ1) is 23.5. The number of rotatable bonds is 8. The zero-order valence-corrected chi connectivity index (χ0v) is 17.3. The Morgan fingerprint density at radius 3 is 2.06 bits per heavy atom. The average Bonchev–Trinajstić information content (AvgIpc) is 2.74. The molecule has 0 aromatic heterocycles. The van der Waals surface area contributed by atoms with Crippen LogP contribution in [0.25, 0.3) is 0 Å². The van der Waals surface area contributed by atoms with Crippen LogP contribution in [-0.2, 0) is 4.79 Å². The number of hydrogen-bond acceptors (Lipinski definition) is 6. The molecular weight excluding hydrogens is 431 g/mol. The van der Waals surface area contributed by atoms with Gasteiger partial charge in [0.25, 0.3) is 0 Å². The van der Waals surface area contributed by atoms with Crippen molar-refractivity contribution >= 4 is 11.7 Å². The van der Waals surface area contributed by atoms with Gasteiger partial charge in [0.15, 0.2) is 5.60 Å². The number of hydrogen-bond donors (Lipinski definition) is 2. The van der Waals surface area contributed by atoms with E-state index in [2.05, 4.69) is 9.64 Å². The smallest absolute Gasteiger partial charge is 0.490 e. The van der Waals surface area contributed by atoms with Crippen molar-refractivity contribution < 1.29 is 42.4 Å². The second-order valence-electron chi connectivity index (χ2n) is 7.69. The number of alkyl halides is 3. The van der Waals surface area contributed by atoms with Crippen LogP contribution in [0.1, 0.15) is 19.8 Å². The van der Waals surface area contributed by atoms with E-state index in [1.807, 2.05) is 12.1 Å². The Bertz CT molecular complexity index is 891. The van der Waals surface area contributed by atoms with Gasteiger partial charge < -0.3 is 29.3 Å². The van der Waals surface area contributed by atoms with Crippen LogP contribution in [0.3, 0.4) is 0 Å². The molecule has 0 radical (unpaired) electrons. The van der Waals surface area contributed by atoms with Gasteiger partial charge in [-0.2, -0.15) is 0 Å². The Hall–Kier alpha value is -3.14. The fourth-order valence-electron chi connectivity index (χ4n) is 3.18. The third-order valence-corrected chi connectivity index (χ3v) is 4.98. The Kier molecular flexibility index (Phi) is 7.02. The van der Waals surface area contributed by atoms with Gasteiger partial charge in [0.1, 0.15) is 30.0 Å². The highest BCUT2D eigenvalue weighted by molar-refractivity contribution is 5.76. The van der Waals surface area contributed by atoms with Gasteiger partial charge in [0.2, 0.25) is 0 Å². The Morgan fingerprint density at radius 2 is 1.53 bits per heavy atom. The first-order valence-electron chi connectivity index (χ1n) is 9.98. The highest BCUT2D eigenvalue weighted by Gasteiger charge is 2.32. The Labute approximate surface area is 182 Å². The van der Waals surface area contributed by atoms with E-state index in [4.69, 9.17) is 14.6 Å². The van der Waals surface area contributed by atoms with Crippen LogP contribution in [0, 0.1) is 0 Å². The van der Waals surface area contributed by atoms with E-state index >= 15 is 0 Å². The number of aliphatic hydroxyl groups is 1. The van der Waals surface area contributed by atoms with E-state index in [0.717, 1.165) is 31.6 Å². The van der Waals surface area contributed by atoms with E-state index in [9.17, 15) is 23.1 Å². The lowest BCUT2D eigenvalue weighted by atomic mass is 10.1. The van der Waals surface area contributed by atoms with Crippen LogP contribution in [0.4, 0.5) is 18.9 Å². The van der Waals surface area contributed by atoms with Gasteiger partial charge >= 0.3 is 12.3 Å². The minimum Gasteiger partial charge on any atom is -0.490 e. The third kappa shape index (κ3) is 6.68. The van der Waals surface area contributed by atoms with Crippen molar-refractivity contribution in [3.05, 3.63) is 48.5 Å². The van der Waals surface area contributed by atoms with Gasteiger partial charge in [-0.05, 0) is 55.5 Å². The molecule has 2 aromatic carbocycles. The summed E-state index contributed by atoms with van der Waals surface area (Å²) < 4.78 is 51.8. The third-order valence-electron chi connectivity index (χ3n) is 4.98. The van der Waals surface area contributed by atoms with Crippen molar-refractivity contribution in [3.8, 4) is 17.2 Å². The van der Waals surface area contributed by atoms with Crippen molar-refractivity contribution in [2.45, 2.75) is 37.8 Å². The molecule has 10 heteroatoms. The molecule has 0 unspecified atom stereocenters. The largest absolute Gasteiger partial charge is 0.573 e. The summed E-state index contributed by atoms with van der Waals surface area (Å²) in [6, 6.07) is 12.5. The van der Waals surface area contributed by atoms with Crippen molar-refractivity contribution in [1.82, 2.24) is 0 Å². The number of carbonyl (C=O) groups is 1. The van der Waals surface area contributed by atoms with Crippen LogP contribution in [0.2, 0.25) is 0 Å². The first-order chi connectivity index (χ1) is 15.0. The average molecular weight is 455 g/mol. The molecule has 7 nitrogen and oxygen atoms in total. The van der Waals surface area contributed by atoms with Crippen molar-refractivity contribution in [2.75, 3.05) is 24.6 Å². The zero-order valence-electron chi connectivity index (χ0n) is 17.3. The second kappa shape index (κ2) is 9.56. The molecule has 0 spiro atoms. The van der Waals surface area contributed by atoms with Crippen molar-refractivity contribution in [3.63, 3.8) is 0 Å². The number of piperidine rings is 1. The summed E-state index contributed by atoms with van der Waals surface area (Å²) in [7, 11) is 0. The number of carboxylic acid groups (broad SMARTS) is 1. The molecule has 2 aromatic rings. The van der Waals surface area contributed by atoms with Gasteiger partial charge in [0.05, 0.1) is 0 Å². The van der Waals surface area contributed by atoms with E-state index < -0.39 is 17.9 Å². The molecule has 0 bridgehead atoms. The summed E-state index contributed by atoms with van der Waals surface area (Å²) >= 11 is 0. The highest BCUT2D eigenvalue weighted by Crippen LogP contribution is 2.28. The van der Waals surface area contributed by atoms with Crippen LogP contribution in [0.15, 0.2) is 48.5 Å². The lowest BCUT2D eigenvalue weighted by Crippen LogP contribution is -2.41. The molecule has 1 atom stereocenters. The lowest BCUT2D eigenvalue weighted by Gasteiger charge is -2.33. The molecule has 32 heavy (non-hydrogen) atoms. The maximum atomic E-state index is 12.2. The lowest BCUT2D eigenvalue weighted by molar-refractivity contribution is -0.274. The number of ether oxygens (including phenoxy) is 3. The minimum absolute atomic E-state index is 0.0542. The van der Waals surface area contributed by atoms with Crippen LogP contribution in [0.5, 0.6) is 17.2 Å². The van der Waals surface area contributed by atoms with Gasteiger partial charge in [-0.1, -0.05) is 0 Å². The normalized spacial score (nSPS) is 16.8. The number of benzene rings is 2. The van der Waals surface area contributed by atoms with Gasteiger partial charge in [-0.25, -0.2) is 4.79 Å². The van der Waals surface area contributed by atoms with Crippen molar-refractivity contribution in [2.24, 2.45) is 0 Å². The van der Waals surface area contributed by atoms with Crippen molar-refractivity contribution in [1.29, 1.82) is 0 Å². The molecule has 1 aliphatic rings. The molecule has 1 saturated heterocycles. The predicted octanol–water partition coefficient (Wildman–Crippen LogP) is 3.85. The maximum Gasteiger partial charge on any atom is 0.573 e. The number of anilines is 1. The van der Waals surface area contributed by atoms with Gasteiger partial charge in [0, 0.05) is 31.6 Å². The topological polar surface area (TPSA) is 88.5 Å². The van der Waals surface area contributed by atoms with Crippen LogP contribution >= 0.6 is 0 Å². The van der Waals surface area contributed by atoms with E-state index in [-0.39, 0.29) is 18.5 Å². The zero-order chi connectivity index (χ0) is 23.4. The molecule has 0 saturated carbocycles. The van der Waals surface area contributed by atoms with Gasteiger partial charge in [-0.3, -0.25) is 0 Å². The monoisotopic (exact) mass is 455 g/mol. The summed E-state index contributed by atoms with van der Waals surface area (Å²) in [4.78, 5) is 13.1. The molecule has 1 aliphatic heterocycles. The maximum absolute atomic E-state index is 12.2. The molecule has 3 rings (SSSR count). The molecule has 1 fully saturated rings. The quantitative estimate of drug-likeness (QED) is 0.625. The standard InChI is InChI=1S/C22H24F3NO6/c1-21(29,20(27)28)14-30-16-4-2-15(3-5-16)26-12-10-18(11-13-26)31-17-6-8-19(9-7-17)32-22(23,24)25/h2-9,18,29H,10-14H2,1H3,(H,27,28)/t21-/m0/s1. The van der Waals surface area contributed by atoms with Gasteiger partial charge in [-0.15, -0.1) is 13.2 Å². The molecular formula is C22H24F3NO6. The van der Waals surface area contributed by atoms with E-state index in [0.29, 0.717) is 11.5 Å². The molecule has 2 N–H and O–H groups in total. The number of carboxylic acids is 1. The summed E-state index contributed by atoms with van der Waals surface area (Å²) in [5.74, 6) is -0.716.